The maximum absolute atomic E-state index is 11.0. The van der Waals surface area contributed by atoms with Crippen LogP contribution in [0.5, 0.6) is 0 Å². The molecular formula is C8H4N2O3S. The van der Waals surface area contributed by atoms with Crippen LogP contribution in [0.4, 0.5) is 0 Å². The van der Waals surface area contributed by atoms with Gasteiger partial charge in [-0.3, -0.25) is 9.78 Å². The Morgan fingerprint density at radius 1 is 1.43 bits per heavy atom. The van der Waals surface area contributed by atoms with Gasteiger partial charge in [-0.15, -0.1) is 11.3 Å². The third-order valence-corrected chi connectivity index (χ3v) is 2.58. The van der Waals surface area contributed by atoms with Gasteiger partial charge in [0.05, 0.1) is 10.2 Å². The number of carboxylic acids is 1. The summed E-state index contributed by atoms with van der Waals surface area (Å²) in [7, 11) is 0. The maximum atomic E-state index is 11.0. The fraction of sp³-hybridized carbons (Fsp3) is 0. The Kier molecular flexibility index (Phi) is 1.97. The van der Waals surface area contributed by atoms with Gasteiger partial charge in [0.2, 0.25) is 0 Å². The number of carboxylic acid groups (broad SMARTS) is 1. The van der Waals surface area contributed by atoms with Gasteiger partial charge in [-0.1, -0.05) is 0 Å². The molecule has 0 saturated carbocycles. The second-order valence-corrected chi connectivity index (χ2v) is 3.53. The highest BCUT2D eigenvalue weighted by Gasteiger charge is 2.18. The molecule has 0 aliphatic heterocycles. The molecule has 2 aromatic heterocycles. The predicted molar refractivity (Wildman–Crippen MR) is 49.4 cm³/mol. The number of aliphatic carboxylic acids is 1. The molecule has 2 aromatic rings. The predicted octanol–water partition coefficient (Wildman–Crippen LogP) is 0.959. The SMILES string of the molecule is O=C(O)C(=O)c1nc2ccncc2s1. The Balaban J connectivity index is 2.55. The van der Waals surface area contributed by atoms with Crippen LogP contribution < -0.4 is 0 Å². The normalized spacial score (nSPS) is 10.3. The minimum atomic E-state index is -1.49. The number of hydrogen-bond acceptors (Lipinski definition) is 5. The number of nitrogens with zero attached hydrogens (tertiary/aromatic N) is 2. The second kappa shape index (κ2) is 3.15. The summed E-state index contributed by atoms with van der Waals surface area (Å²) in [6.07, 6.45) is 3.09. The van der Waals surface area contributed by atoms with Crippen molar-refractivity contribution in [2.75, 3.05) is 0 Å². The molecule has 0 aromatic carbocycles. The first-order valence-corrected chi connectivity index (χ1v) is 4.48. The highest BCUT2D eigenvalue weighted by atomic mass is 32.1. The van der Waals surface area contributed by atoms with Crippen LogP contribution >= 0.6 is 11.3 Å². The number of hydrogen-bond donors (Lipinski definition) is 1. The lowest BCUT2D eigenvalue weighted by molar-refractivity contribution is -0.131. The lowest BCUT2D eigenvalue weighted by Crippen LogP contribution is -2.11. The van der Waals surface area contributed by atoms with Gasteiger partial charge in [-0.25, -0.2) is 9.78 Å². The average Bonchev–Trinajstić information content (AvgIpc) is 2.59. The first kappa shape index (κ1) is 8.76. The first-order chi connectivity index (χ1) is 6.68. The minimum Gasteiger partial charge on any atom is -0.475 e. The first-order valence-electron chi connectivity index (χ1n) is 3.66. The van der Waals surface area contributed by atoms with Crippen molar-refractivity contribution >= 4 is 33.3 Å². The Hall–Kier alpha value is -1.82. The molecule has 6 heteroatoms. The van der Waals surface area contributed by atoms with E-state index in [1.807, 2.05) is 0 Å². The number of carbonyl (C=O) groups excluding carboxylic acids is 1. The zero-order chi connectivity index (χ0) is 10.1. The van der Waals surface area contributed by atoms with Crippen LogP contribution in [-0.2, 0) is 4.79 Å². The summed E-state index contributed by atoms with van der Waals surface area (Å²) in [5.74, 6) is -2.47. The van der Waals surface area contributed by atoms with Crippen molar-refractivity contribution in [3.05, 3.63) is 23.5 Å². The number of carbonyl (C=O) groups is 2. The molecule has 70 valence electrons. The summed E-state index contributed by atoms with van der Waals surface area (Å²) in [4.78, 5) is 29.1. The van der Waals surface area contributed by atoms with Gasteiger partial charge in [0.1, 0.15) is 0 Å². The van der Waals surface area contributed by atoms with E-state index in [9.17, 15) is 9.59 Å². The molecule has 0 aliphatic carbocycles. The van der Waals surface area contributed by atoms with Crippen molar-refractivity contribution < 1.29 is 14.7 Å². The van der Waals surface area contributed by atoms with Crippen molar-refractivity contribution in [3.63, 3.8) is 0 Å². The van der Waals surface area contributed by atoms with Crippen molar-refractivity contribution in [1.82, 2.24) is 9.97 Å². The number of ketones is 1. The molecule has 5 nitrogen and oxygen atoms in total. The molecule has 14 heavy (non-hydrogen) atoms. The molecule has 0 bridgehead atoms. The van der Waals surface area contributed by atoms with Crippen LogP contribution in [0.1, 0.15) is 9.80 Å². The van der Waals surface area contributed by atoms with Gasteiger partial charge < -0.3 is 5.11 Å². The second-order valence-electron chi connectivity index (χ2n) is 2.50. The molecule has 0 atom stereocenters. The lowest BCUT2D eigenvalue weighted by atomic mass is 10.4. The largest absolute Gasteiger partial charge is 0.475 e. The fourth-order valence-corrected chi connectivity index (χ4v) is 1.83. The van der Waals surface area contributed by atoms with Crippen molar-refractivity contribution in [1.29, 1.82) is 0 Å². The van der Waals surface area contributed by atoms with E-state index in [0.717, 1.165) is 11.3 Å². The van der Waals surface area contributed by atoms with Crippen LogP contribution in [0, 0.1) is 0 Å². The quantitative estimate of drug-likeness (QED) is 0.587. The van der Waals surface area contributed by atoms with Gasteiger partial charge >= 0.3 is 5.97 Å². The van der Waals surface area contributed by atoms with E-state index in [0.29, 0.717) is 10.2 Å². The third-order valence-electron chi connectivity index (χ3n) is 1.58. The molecule has 0 aliphatic rings. The molecule has 1 N–H and O–H groups in total. The molecule has 0 spiro atoms. The van der Waals surface area contributed by atoms with Crippen LogP contribution in [0.3, 0.4) is 0 Å². The van der Waals surface area contributed by atoms with Crippen molar-refractivity contribution in [2.24, 2.45) is 0 Å². The summed E-state index contributed by atoms with van der Waals surface area (Å²) in [5, 5.41) is 8.45. The molecule has 0 saturated heterocycles. The van der Waals surface area contributed by atoms with E-state index in [1.54, 1.807) is 12.3 Å². The zero-order valence-corrected chi connectivity index (χ0v) is 7.61. The number of fused-ring (bicyclic) bond motifs is 1. The number of rotatable bonds is 2. The number of pyridine rings is 1. The highest BCUT2D eigenvalue weighted by Crippen LogP contribution is 2.20. The van der Waals surface area contributed by atoms with Crippen LogP contribution in [-0.4, -0.2) is 26.8 Å². The molecule has 2 heterocycles. The van der Waals surface area contributed by atoms with Crippen molar-refractivity contribution in [2.45, 2.75) is 0 Å². The Labute approximate surface area is 82.0 Å². The lowest BCUT2D eigenvalue weighted by Gasteiger charge is -1.84. The van der Waals surface area contributed by atoms with Gasteiger partial charge in [0.15, 0.2) is 5.01 Å². The van der Waals surface area contributed by atoms with Crippen LogP contribution in [0.2, 0.25) is 0 Å². The molecule has 0 unspecified atom stereocenters. The molecule has 0 amide bonds. The zero-order valence-electron chi connectivity index (χ0n) is 6.80. The van der Waals surface area contributed by atoms with Gasteiger partial charge in [-0.2, -0.15) is 0 Å². The van der Waals surface area contributed by atoms with E-state index >= 15 is 0 Å². The summed E-state index contributed by atoms with van der Waals surface area (Å²) < 4.78 is 0.706. The monoisotopic (exact) mass is 208 g/mol. The summed E-state index contributed by atoms with van der Waals surface area (Å²) >= 11 is 1.03. The summed E-state index contributed by atoms with van der Waals surface area (Å²) in [6, 6.07) is 1.63. The molecular weight excluding hydrogens is 204 g/mol. The highest BCUT2D eigenvalue weighted by molar-refractivity contribution is 7.20. The van der Waals surface area contributed by atoms with E-state index in [1.165, 1.54) is 6.20 Å². The van der Waals surface area contributed by atoms with E-state index in [2.05, 4.69) is 9.97 Å². The standard InChI is InChI=1S/C8H4N2O3S/c11-6(8(12)13)7-10-4-1-2-9-3-5(4)14-7/h1-3H,(H,12,13). The fourth-order valence-electron chi connectivity index (χ4n) is 0.969. The number of thiazole rings is 1. The van der Waals surface area contributed by atoms with Crippen LogP contribution in [0.25, 0.3) is 10.2 Å². The third kappa shape index (κ3) is 1.35. The van der Waals surface area contributed by atoms with E-state index in [-0.39, 0.29) is 5.01 Å². The Bertz CT molecular complexity index is 487. The van der Waals surface area contributed by atoms with E-state index < -0.39 is 11.8 Å². The smallest absolute Gasteiger partial charge is 0.379 e. The van der Waals surface area contributed by atoms with Crippen LogP contribution in [0.15, 0.2) is 18.5 Å². The summed E-state index contributed by atoms with van der Waals surface area (Å²) in [6.45, 7) is 0. The van der Waals surface area contributed by atoms with Gasteiger partial charge in [0, 0.05) is 12.4 Å². The molecule has 0 fully saturated rings. The summed E-state index contributed by atoms with van der Waals surface area (Å²) in [5.41, 5.74) is 0.592. The van der Waals surface area contributed by atoms with Gasteiger partial charge in [0.25, 0.3) is 5.78 Å². The number of Topliss-reactive ketones (excluding diaryl/α,β-unsaturated/α-hetero) is 1. The maximum Gasteiger partial charge on any atom is 0.379 e. The van der Waals surface area contributed by atoms with Gasteiger partial charge in [-0.05, 0) is 6.07 Å². The van der Waals surface area contributed by atoms with E-state index in [4.69, 9.17) is 5.11 Å². The minimum absolute atomic E-state index is 0.0134. The topological polar surface area (TPSA) is 80.1 Å². The molecule has 0 radical (unpaired) electrons. The average molecular weight is 208 g/mol. The Morgan fingerprint density at radius 2 is 2.21 bits per heavy atom. The molecule has 2 rings (SSSR count). The van der Waals surface area contributed by atoms with Crippen molar-refractivity contribution in [3.8, 4) is 0 Å². The number of aromatic nitrogens is 2. The Morgan fingerprint density at radius 3 is 2.86 bits per heavy atom.